The molecule has 0 spiro atoms. The number of fused-ring (bicyclic) bond motifs is 2. The van der Waals surface area contributed by atoms with Crippen LogP contribution >= 0.6 is 11.3 Å². The highest BCUT2D eigenvalue weighted by Crippen LogP contribution is 2.35. The van der Waals surface area contributed by atoms with Crippen LogP contribution in [0.1, 0.15) is 0 Å². The van der Waals surface area contributed by atoms with Crippen molar-refractivity contribution in [2.24, 2.45) is 0 Å². The second kappa shape index (κ2) is 6.61. The van der Waals surface area contributed by atoms with Crippen molar-refractivity contribution in [3.05, 3.63) is 54.9 Å². The molecule has 1 N–H and O–H groups in total. The zero-order valence-electron chi connectivity index (χ0n) is 15.3. The molecule has 0 saturated carbocycles. The number of rotatable bonds is 4. The van der Waals surface area contributed by atoms with E-state index in [4.69, 9.17) is 19.4 Å². The number of aromatic nitrogens is 4. The van der Waals surface area contributed by atoms with E-state index in [1.165, 1.54) is 0 Å². The van der Waals surface area contributed by atoms with Crippen molar-refractivity contribution in [1.29, 1.82) is 0 Å². The second-order valence-electron chi connectivity index (χ2n) is 6.25. The topological polar surface area (TPSA) is 72.9 Å². The summed E-state index contributed by atoms with van der Waals surface area (Å²) in [6.45, 7) is 0. The summed E-state index contributed by atoms with van der Waals surface area (Å²) in [4.78, 5) is 17.2. The fourth-order valence-corrected chi connectivity index (χ4v) is 4.14. The molecule has 0 aliphatic rings. The van der Waals surface area contributed by atoms with Gasteiger partial charge in [-0.15, -0.1) is 11.3 Å². The number of para-hydroxylation sites is 1. The molecule has 28 heavy (non-hydrogen) atoms. The molecular weight excluding hydrogens is 372 g/mol. The number of thiazole rings is 1. The highest BCUT2D eigenvalue weighted by Gasteiger charge is 2.15. The van der Waals surface area contributed by atoms with Crippen molar-refractivity contribution in [2.75, 3.05) is 14.2 Å². The van der Waals surface area contributed by atoms with E-state index in [1.54, 1.807) is 31.8 Å². The first-order valence-electron chi connectivity index (χ1n) is 8.68. The Morgan fingerprint density at radius 3 is 2.54 bits per heavy atom. The van der Waals surface area contributed by atoms with Crippen LogP contribution < -0.4 is 9.47 Å². The minimum atomic E-state index is 0.716. The lowest BCUT2D eigenvalue weighted by Gasteiger charge is -2.06. The lowest BCUT2D eigenvalue weighted by atomic mass is 10.2. The average Bonchev–Trinajstić information content (AvgIpc) is 3.37. The third kappa shape index (κ3) is 2.76. The molecule has 6 nitrogen and oxygen atoms in total. The minimum absolute atomic E-state index is 0.716. The lowest BCUT2D eigenvalue weighted by Crippen LogP contribution is -1.89. The third-order valence-corrected chi connectivity index (χ3v) is 5.60. The van der Waals surface area contributed by atoms with Gasteiger partial charge >= 0.3 is 0 Å². The van der Waals surface area contributed by atoms with E-state index in [-0.39, 0.29) is 0 Å². The van der Waals surface area contributed by atoms with Crippen LogP contribution in [0.5, 0.6) is 11.5 Å². The second-order valence-corrected chi connectivity index (χ2v) is 7.28. The molecule has 0 atom stereocenters. The van der Waals surface area contributed by atoms with E-state index in [1.807, 2.05) is 48.7 Å². The standard InChI is InChI=1S/C21H16N4O2S/c1-26-13-8-12(9-14(10-13)27-2)20-23-17-5-3-4-15(19(17)25-20)21-24-16-6-7-22-11-18(16)28-21/h3-11H,1-2H3,(H,23,25). The zero-order chi connectivity index (χ0) is 19.1. The maximum Gasteiger partial charge on any atom is 0.138 e. The summed E-state index contributed by atoms with van der Waals surface area (Å²) in [5.74, 6) is 2.19. The average molecular weight is 388 g/mol. The largest absolute Gasteiger partial charge is 0.497 e. The van der Waals surface area contributed by atoms with Crippen LogP contribution in [0.3, 0.4) is 0 Å². The van der Waals surface area contributed by atoms with Gasteiger partial charge in [-0.2, -0.15) is 0 Å². The fourth-order valence-electron chi connectivity index (χ4n) is 3.18. The number of methoxy groups -OCH3 is 2. The molecule has 0 radical (unpaired) electrons. The number of H-pyrrole nitrogens is 1. The summed E-state index contributed by atoms with van der Waals surface area (Å²) in [6, 6.07) is 13.7. The zero-order valence-corrected chi connectivity index (χ0v) is 16.1. The van der Waals surface area contributed by atoms with Crippen LogP contribution in [0.4, 0.5) is 0 Å². The van der Waals surface area contributed by atoms with Gasteiger partial charge in [0.15, 0.2) is 0 Å². The first-order valence-corrected chi connectivity index (χ1v) is 9.50. The van der Waals surface area contributed by atoms with E-state index >= 15 is 0 Å². The minimum Gasteiger partial charge on any atom is -0.497 e. The van der Waals surface area contributed by atoms with Crippen molar-refractivity contribution >= 4 is 32.6 Å². The molecular formula is C21H16N4O2S. The molecule has 5 aromatic rings. The van der Waals surface area contributed by atoms with E-state index in [2.05, 4.69) is 9.97 Å². The highest BCUT2D eigenvalue weighted by atomic mass is 32.1. The molecule has 3 heterocycles. The number of ether oxygens (including phenoxy) is 2. The number of hydrogen-bond acceptors (Lipinski definition) is 6. The number of pyridine rings is 1. The van der Waals surface area contributed by atoms with Crippen LogP contribution in [0, 0.1) is 0 Å². The monoisotopic (exact) mass is 388 g/mol. The summed E-state index contributed by atoms with van der Waals surface area (Å²) >= 11 is 1.61. The van der Waals surface area contributed by atoms with E-state index < -0.39 is 0 Å². The predicted molar refractivity (Wildman–Crippen MR) is 111 cm³/mol. The number of nitrogens with zero attached hydrogens (tertiary/aromatic N) is 3. The van der Waals surface area contributed by atoms with Crippen molar-refractivity contribution in [1.82, 2.24) is 19.9 Å². The molecule has 0 saturated heterocycles. The Hall–Kier alpha value is -3.45. The summed E-state index contributed by atoms with van der Waals surface area (Å²) in [7, 11) is 3.27. The quantitative estimate of drug-likeness (QED) is 0.473. The normalized spacial score (nSPS) is 11.2. The first kappa shape index (κ1) is 16.7. The van der Waals surface area contributed by atoms with Crippen LogP contribution in [-0.2, 0) is 0 Å². The molecule has 0 fully saturated rings. The first-order chi connectivity index (χ1) is 13.7. The smallest absolute Gasteiger partial charge is 0.138 e. The van der Waals surface area contributed by atoms with Crippen molar-refractivity contribution in [3.63, 3.8) is 0 Å². The molecule has 3 aromatic heterocycles. The maximum atomic E-state index is 5.38. The number of imidazole rings is 1. The molecule has 2 aromatic carbocycles. The van der Waals surface area contributed by atoms with Crippen molar-refractivity contribution in [2.45, 2.75) is 0 Å². The van der Waals surface area contributed by atoms with Crippen molar-refractivity contribution < 1.29 is 9.47 Å². The SMILES string of the molecule is COc1cc(OC)cc(-c2nc3c(-c4nc5ccncc5s4)cccc3[nH]2)c1. The molecule has 0 aliphatic carbocycles. The van der Waals surface area contributed by atoms with Crippen LogP contribution in [0.25, 0.3) is 43.2 Å². The highest BCUT2D eigenvalue weighted by molar-refractivity contribution is 7.21. The van der Waals surface area contributed by atoms with E-state index in [0.717, 1.165) is 43.2 Å². The summed E-state index contributed by atoms with van der Waals surface area (Å²) < 4.78 is 11.8. The third-order valence-electron chi connectivity index (χ3n) is 4.56. The lowest BCUT2D eigenvalue weighted by molar-refractivity contribution is 0.394. The Balaban J connectivity index is 1.67. The number of hydrogen-bond donors (Lipinski definition) is 1. The van der Waals surface area contributed by atoms with Crippen LogP contribution in [0.15, 0.2) is 54.9 Å². The molecule has 0 bridgehead atoms. The Morgan fingerprint density at radius 2 is 1.79 bits per heavy atom. The Labute approximate surface area is 164 Å². The summed E-state index contributed by atoms with van der Waals surface area (Å²) in [5.41, 5.74) is 4.67. The van der Waals surface area contributed by atoms with Crippen LogP contribution in [0.2, 0.25) is 0 Å². The van der Waals surface area contributed by atoms with Gasteiger partial charge in [-0.3, -0.25) is 4.98 Å². The van der Waals surface area contributed by atoms with Gasteiger partial charge in [0.25, 0.3) is 0 Å². The Bertz CT molecular complexity index is 1250. The van der Waals surface area contributed by atoms with E-state index in [9.17, 15) is 0 Å². The number of aromatic amines is 1. The fraction of sp³-hybridized carbons (Fsp3) is 0.0952. The molecule has 0 aliphatic heterocycles. The maximum absolute atomic E-state index is 5.38. The molecule has 5 rings (SSSR count). The van der Waals surface area contributed by atoms with Gasteiger partial charge in [0.2, 0.25) is 0 Å². The van der Waals surface area contributed by atoms with Gasteiger partial charge in [0.05, 0.1) is 35.5 Å². The Kier molecular flexibility index (Phi) is 3.95. The van der Waals surface area contributed by atoms with Gasteiger partial charge in [-0.25, -0.2) is 9.97 Å². The summed E-state index contributed by atoms with van der Waals surface area (Å²) in [5, 5.41) is 0.926. The summed E-state index contributed by atoms with van der Waals surface area (Å²) in [6.07, 6.45) is 3.60. The Morgan fingerprint density at radius 1 is 0.964 bits per heavy atom. The van der Waals surface area contributed by atoms with Gasteiger partial charge < -0.3 is 14.5 Å². The molecule has 0 unspecified atom stereocenters. The van der Waals surface area contributed by atoms with Crippen LogP contribution in [-0.4, -0.2) is 34.2 Å². The molecule has 0 amide bonds. The van der Waals surface area contributed by atoms with Gasteiger partial charge in [0, 0.05) is 29.6 Å². The number of nitrogens with one attached hydrogen (secondary N) is 1. The van der Waals surface area contributed by atoms with Crippen molar-refractivity contribution in [3.8, 4) is 33.5 Å². The van der Waals surface area contributed by atoms with Gasteiger partial charge in [0.1, 0.15) is 22.3 Å². The molecule has 7 heteroatoms. The van der Waals surface area contributed by atoms with Gasteiger partial charge in [-0.05, 0) is 30.3 Å². The number of benzene rings is 2. The van der Waals surface area contributed by atoms with E-state index in [0.29, 0.717) is 11.5 Å². The predicted octanol–water partition coefficient (Wildman–Crippen LogP) is 4.92. The molecule has 138 valence electrons. The van der Waals surface area contributed by atoms with Gasteiger partial charge in [-0.1, -0.05) is 6.07 Å².